The first-order valence-electron chi connectivity index (χ1n) is 7.62. The molecule has 6 nitrogen and oxygen atoms in total. The SMILES string of the molecule is NC(=O)c1cnccc1N1CCN(Cc2cccc(O)c2)CC1. The van der Waals surface area contributed by atoms with E-state index in [9.17, 15) is 9.90 Å². The molecular weight excluding hydrogens is 292 g/mol. The van der Waals surface area contributed by atoms with Crippen LogP contribution in [0.4, 0.5) is 5.69 Å². The number of carbonyl (C=O) groups is 1. The van der Waals surface area contributed by atoms with E-state index < -0.39 is 5.91 Å². The Morgan fingerprint density at radius 1 is 1.22 bits per heavy atom. The van der Waals surface area contributed by atoms with Crippen LogP contribution in [-0.4, -0.2) is 47.1 Å². The number of phenolic OH excluding ortho intramolecular Hbond substituents is 1. The number of benzene rings is 1. The van der Waals surface area contributed by atoms with Gasteiger partial charge in [-0.05, 0) is 23.8 Å². The van der Waals surface area contributed by atoms with E-state index in [-0.39, 0.29) is 0 Å². The van der Waals surface area contributed by atoms with E-state index in [1.54, 1.807) is 18.3 Å². The Hall–Kier alpha value is -2.60. The van der Waals surface area contributed by atoms with Gasteiger partial charge in [0.2, 0.25) is 0 Å². The molecule has 0 aliphatic carbocycles. The molecule has 1 aliphatic rings. The number of hydrogen-bond donors (Lipinski definition) is 2. The van der Waals surface area contributed by atoms with Crippen LogP contribution >= 0.6 is 0 Å². The van der Waals surface area contributed by atoms with Gasteiger partial charge in [0.25, 0.3) is 5.91 Å². The molecule has 0 spiro atoms. The van der Waals surface area contributed by atoms with Crippen molar-refractivity contribution in [1.29, 1.82) is 0 Å². The Balaban J connectivity index is 1.64. The predicted octanol–water partition coefficient (Wildman–Crippen LogP) is 1.21. The normalized spacial score (nSPS) is 15.6. The molecule has 120 valence electrons. The van der Waals surface area contributed by atoms with Gasteiger partial charge in [0.15, 0.2) is 0 Å². The van der Waals surface area contributed by atoms with Crippen molar-refractivity contribution in [3.63, 3.8) is 0 Å². The maximum Gasteiger partial charge on any atom is 0.252 e. The van der Waals surface area contributed by atoms with Gasteiger partial charge in [-0.2, -0.15) is 0 Å². The Morgan fingerprint density at radius 2 is 2.00 bits per heavy atom. The van der Waals surface area contributed by atoms with E-state index in [2.05, 4.69) is 14.8 Å². The van der Waals surface area contributed by atoms with Crippen molar-refractivity contribution >= 4 is 11.6 Å². The van der Waals surface area contributed by atoms with Crippen LogP contribution in [0.2, 0.25) is 0 Å². The third-order valence-corrected chi connectivity index (χ3v) is 4.09. The lowest BCUT2D eigenvalue weighted by Gasteiger charge is -2.36. The fourth-order valence-corrected chi connectivity index (χ4v) is 2.91. The monoisotopic (exact) mass is 312 g/mol. The summed E-state index contributed by atoms with van der Waals surface area (Å²) >= 11 is 0. The molecule has 0 radical (unpaired) electrons. The number of amides is 1. The largest absolute Gasteiger partial charge is 0.508 e. The number of aromatic hydroxyl groups is 1. The smallest absolute Gasteiger partial charge is 0.252 e. The van der Waals surface area contributed by atoms with Crippen molar-refractivity contribution in [2.75, 3.05) is 31.1 Å². The third-order valence-electron chi connectivity index (χ3n) is 4.09. The van der Waals surface area contributed by atoms with Crippen LogP contribution < -0.4 is 10.6 Å². The molecule has 6 heteroatoms. The molecule has 2 aromatic rings. The maximum atomic E-state index is 11.5. The summed E-state index contributed by atoms with van der Waals surface area (Å²) in [5.74, 6) is -0.153. The first-order valence-corrected chi connectivity index (χ1v) is 7.62. The number of piperazine rings is 1. The highest BCUT2D eigenvalue weighted by Crippen LogP contribution is 2.21. The van der Waals surface area contributed by atoms with E-state index in [0.717, 1.165) is 44.0 Å². The van der Waals surface area contributed by atoms with Gasteiger partial charge in [-0.15, -0.1) is 0 Å². The molecule has 1 aromatic carbocycles. The summed E-state index contributed by atoms with van der Waals surface area (Å²) in [5, 5.41) is 9.54. The molecule has 23 heavy (non-hydrogen) atoms. The minimum atomic E-state index is -0.449. The molecule has 1 saturated heterocycles. The predicted molar refractivity (Wildman–Crippen MR) is 88.4 cm³/mol. The second-order valence-corrected chi connectivity index (χ2v) is 5.69. The fraction of sp³-hybridized carbons (Fsp3) is 0.294. The highest BCUT2D eigenvalue weighted by atomic mass is 16.3. The summed E-state index contributed by atoms with van der Waals surface area (Å²) in [6.07, 6.45) is 3.21. The topological polar surface area (TPSA) is 82.7 Å². The van der Waals surface area contributed by atoms with Crippen molar-refractivity contribution < 1.29 is 9.90 Å². The zero-order chi connectivity index (χ0) is 16.2. The average molecular weight is 312 g/mol. The Bertz CT molecular complexity index is 696. The third kappa shape index (κ3) is 3.60. The van der Waals surface area contributed by atoms with Crippen LogP contribution in [0.3, 0.4) is 0 Å². The van der Waals surface area contributed by atoms with Crippen LogP contribution in [0.15, 0.2) is 42.7 Å². The second-order valence-electron chi connectivity index (χ2n) is 5.69. The molecule has 0 unspecified atom stereocenters. The van der Waals surface area contributed by atoms with Gasteiger partial charge in [0.1, 0.15) is 5.75 Å². The quantitative estimate of drug-likeness (QED) is 0.886. The van der Waals surface area contributed by atoms with Gasteiger partial charge < -0.3 is 15.7 Å². The van der Waals surface area contributed by atoms with Crippen LogP contribution in [0.25, 0.3) is 0 Å². The fourth-order valence-electron chi connectivity index (χ4n) is 2.91. The Kier molecular flexibility index (Phi) is 4.43. The zero-order valence-corrected chi connectivity index (χ0v) is 12.9. The Morgan fingerprint density at radius 3 is 2.70 bits per heavy atom. The number of rotatable bonds is 4. The van der Waals surface area contributed by atoms with Crippen molar-refractivity contribution in [3.8, 4) is 5.75 Å². The standard InChI is InChI=1S/C17H20N4O2/c18-17(23)15-11-19-5-4-16(15)21-8-6-20(7-9-21)12-13-2-1-3-14(22)10-13/h1-5,10-11,22H,6-9,12H2,(H2,18,23). The van der Waals surface area contributed by atoms with Gasteiger partial charge in [0.05, 0.1) is 11.3 Å². The van der Waals surface area contributed by atoms with Crippen LogP contribution in [0, 0.1) is 0 Å². The summed E-state index contributed by atoms with van der Waals surface area (Å²) in [6, 6.07) is 9.18. The zero-order valence-electron chi connectivity index (χ0n) is 12.9. The number of pyridine rings is 1. The van der Waals surface area contributed by atoms with Gasteiger partial charge in [-0.25, -0.2) is 0 Å². The summed E-state index contributed by atoms with van der Waals surface area (Å²) in [6.45, 7) is 4.22. The molecule has 2 heterocycles. The summed E-state index contributed by atoms with van der Waals surface area (Å²) < 4.78 is 0. The molecule has 1 amide bonds. The molecule has 1 fully saturated rings. The highest BCUT2D eigenvalue weighted by Gasteiger charge is 2.20. The second kappa shape index (κ2) is 6.66. The van der Waals surface area contributed by atoms with Crippen molar-refractivity contribution in [3.05, 3.63) is 53.9 Å². The molecular formula is C17H20N4O2. The first-order chi connectivity index (χ1) is 11.1. The lowest BCUT2D eigenvalue weighted by atomic mass is 10.1. The summed E-state index contributed by atoms with van der Waals surface area (Å²) in [4.78, 5) is 20.0. The number of hydrogen-bond acceptors (Lipinski definition) is 5. The number of nitrogens with zero attached hydrogens (tertiary/aromatic N) is 3. The van der Waals surface area contributed by atoms with Crippen molar-refractivity contribution in [2.24, 2.45) is 5.73 Å². The van der Waals surface area contributed by atoms with E-state index in [1.807, 2.05) is 18.2 Å². The highest BCUT2D eigenvalue weighted by molar-refractivity contribution is 5.98. The maximum absolute atomic E-state index is 11.5. The number of nitrogens with two attached hydrogens (primary N) is 1. The molecule has 1 aromatic heterocycles. The number of carbonyl (C=O) groups excluding carboxylic acids is 1. The van der Waals surface area contributed by atoms with Gasteiger partial charge in [0, 0.05) is 45.1 Å². The molecule has 0 saturated carbocycles. The van der Waals surface area contributed by atoms with Gasteiger partial charge in [-0.3, -0.25) is 14.7 Å². The number of aromatic nitrogens is 1. The molecule has 1 aliphatic heterocycles. The summed E-state index contributed by atoms with van der Waals surface area (Å²) in [5.41, 5.74) is 7.84. The number of anilines is 1. The minimum Gasteiger partial charge on any atom is -0.508 e. The summed E-state index contributed by atoms with van der Waals surface area (Å²) in [7, 11) is 0. The van der Waals surface area contributed by atoms with Crippen molar-refractivity contribution in [1.82, 2.24) is 9.88 Å². The molecule has 3 rings (SSSR count). The van der Waals surface area contributed by atoms with E-state index in [4.69, 9.17) is 5.73 Å². The Labute approximate surface area is 135 Å². The number of primary amides is 1. The molecule has 0 atom stereocenters. The minimum absolute atomic E-state index is 0.295. The van der Waals surface area contributed by atoms with Crippen LogP contribution in [-0.2, 0) is 6.54 Å². The van der Waals surface area contributed by atoms with Crippen molar-refractivity contribution in [2.45, 2.75) is 6.54 Å². The van der Waals surface area contributed by atoms with Crippen LogP contribution in [0.1, 0.15) is 15.9 Å². The van der Waals surface area contributed by atoms with Crippen LogP contribution in [0.5, 0.6) is 5.75 Å². The lowest BCUT2D eigenvalue weighted by molar-refractivity contribution is 0.1000. The van der Waals surface area contributed by atoms with E-state index in [0.29, 0.717) is 11.3 Å². The molecule has 3 N–H and O–H groups in total. The van der Waals surface area contributed by atoms with E-state index in [1.165, 1.54) is 6.20 Å². The number of phenols is 1. The van der Waals surface area contributed by atoms with Gasteiger partial charge in [-0.1, -0.05) is 12.1 Å². The molecule has 0 bridgehead atoms. The van der Waals surface area contributed by atoms with Gasteiger partial charge >= 0.3 is 0 Å². The first kappa shape index (κ1) is 15.3. The lowest BCUT2D eigenvalue weighted by Crippen LogP contribution is -2.46. The van der Waals surface area contributed by atoms with E-state index >= 15 is 0 Å². The average Bonchev–Trinajstić information content (AvgIpc) is 2.55.